The van der Waals surface area contributed by atoms with Crippen molar-refractivity contribution < 1.29 is 0 Å². The van der Waals surface area contributed by atoms with Gasteiger partial charge in [0, 0.05) is 11.6 Å². The molecule has 1 nitrogen and oxygen atoms in total. The predicted molar refractivity (Wildman–Crippen MR) is 85.4 cm³/mol. The SMILES string of the molecule is C=C(CN)CC(C)C(=C)C(C)Cc1ccccc1Cl. The number of allylic oxidation sites excluding steroid dienone is 1. The van der Waals surface area contributed by atoms with Gasteiger partial charge in [-0.3, -0.25) is 0 Å². The first-order valence-electron chi connectivity index (χ1n) is 6.74. The van der Waals surface area contributed by atoms with E-state index in [4.69, 9.17) is 17.3 Å². The third-order valence-corrected chi connectivity index (χ3v) is 4.00. The normalized spacial score (nSPS) is 13.9. The number of hydrogen-bond donors (Lipinski definition) is 1. The zero-order valence-corrected chi connectivity index (χ0v) is 12.7. The summed E-state index contributed by atoms with van der Waals surface area (Å²) in [7, 11) is 0. The van der Waals surface area contributed by atoms with Gasteiger partial charge in [-0.15, -0.1) is 0 Å². The summed E-state index contributed by atoms with van der Waals surface area (Å²) in [4.78, 5) is 0. The Balaban J connectivity index is 2.62. The van der Waals surface area contributed by atoms with Crippen LogP contribution in [0.4, 0.5) is 0 Å². The largest absolute Gasteiger partial charge is 0.327 e. The number of benzene rings is 1. The van der Waals surface area contributed by atoms with Gasteiger partial charge in [0.05, 0.1) is 0 Å². The first-order valence-corrected chi connectivity index (χ1v) is 7.12. The molecule has 0 radical (unpaired) electrons. The number of rotatable bonds is 7. The molecule has 2 N–H and O–H groups in total. The topological polar surface area (TPSA) is 26.0 Å². The molecule has 104 valence electrons. The second-order valence-electron chi connectivity index (χ2n) is 5.33. The van der Waals surface area contributed by atoms with Gasteiger partial charge in [-0.1, -0.05) is 68.0 Å². The van der Waals surface area contributed by atoms with E-state index in [1.807, 2.05) is 18.2 Å². The standard InChI is InChI=1S/C17H24ClN/c1-12(11-19)9-13(2)15(4)14(3)10-16-7-5-6-8-17(16)18/h5-8,13-14H,1,4,9-11,19H2,2-3H3. The van der Waals surface area contributed by atoms with Gasteiger partial charge in [-0.25, -0.2) is 0 Å². The fourth-order valence-corrected chi connectivity index (χ4v) is 2.47. The molecule has 0 aliphatic carbocycles. The predicted octanol–water partition coefficient (Wildman–Crippen LogP) is 4.62. The monoisotopic (exact) mass is 277 g/mol. The van der Waals surface area contributed by atoms with E-state index in [2.05, 4.69) is 33.1 Å². The fraction of sp³-hybridized carbons (Fsp3) is 0.412. The quantitative estimate of drug-likeness (QED) is 0.723. The van der Waals surface area contributed by atoms with Crippen LogP contribution in [0.5, 0.6) is 0 Å². The molecular weight excluding hydrogens is 254 g/mol. The van der Waals surface area contributed by atoms with Gasteiger partial charge in [0.15, 0.2) is 0 Å². The average molecular weight is 278 g/mol. The maximum atomic E-state index is 6.20. The molecule has 0 fully saturated rings. The molecule has 0 spiro atoms. The lowest BCUT2D eigenvalue weighted by molar-refractivity contribution is 0.548. The van der Waals surface area contributed by atoms with Crippen LogP contribution in [0.1, 0.15) is 25.8 Å². The second kappa shape index (κ2) is 7.52. The third kappa shape index (κ3) is 4.85. The fourth-order valence-electron chi connectivity index (χ4n) is 2.26. The molecule has 0 aromatic heterocycles. The van der Waals surface area contributed by atoms with Crippen LogP contribution in [0.2, 0.25) is 5.02 Å². The molecule has 0 saturated carbocycles. The number of halogens is 1. The molecular formula is C17H24ClN. The van der Waals surface area contributed by atoms with Crippen molar-refractivity contribution in [2.24, 2.45) is 17.6 Å². The van der Waals surface area contributed by atoms with E-state index in [0.717, 1.165) is 23.4 Å². The van der Waals surface area contributed by atoms with E-state index in [-0.39, 0.29) is 0 Å². The maximum Gasteiger partial charge on any atom is 0.0438 e. The summed E-state index contributed by atoms with van der Waals surface area (Å²) in [6.07, 6.45) is 1.85. The highest BCUT2D eigenvalue weighted by atomic mass is 35.5. The van der Waals surface area contributed by atoms with E-state index in [1.165, 1.54) is 11.1 Å². The summed E-state index contributed by atoms with van der Waals surface area (Å²) in [5.41, 5.74) is 9.10. The van der Waals surface area contributed by atoms with Crippen molar-refractivity contribution in [1.82, 2.24) is 0 Å². The second-order valence-corrected chi connectivity index (χ2v) is 5.74. The lowest BCUT2D eigenvalue weighted by Crippen LogP contribution is -2.13. The molecule has 2 atom stereocenters. The van der Waals surface area contributed by atoms with Crippen molar-refractivity contribution in [3.63, 3.8) is 0 Å². The van der Waals surface area contributed by atoms with Gasteiger partial charge in [-0.05, 0) is 36.3 Å². The summed E-state index contributed by atoms with van der Waals surface area (Å²) >= 11 is 6.20. The van der Waals surface area contributed by atoms with Crippen LogP contribution in [-0.2, 0) is 6.42 Å². The van der Waals surface area contributed by atoms with Crippen LogP contribution in [0.15, 0.2) is 48.6 Å². The molecule has 0 heterocycles. The van der Waals surface area contributed by atoms with Crippen LogP contribution >= 0.6 is 11.6 Å². The molecule has 2 unspecified atom stereocenters. The van der Waals surface area contributed by atoms with Gasteiger partial charge in [-0.2, -0.15) is 0 Å². The van der Waals surface area contributed by atoms with Crippen LogP contribution in [0.25, 0.3) is 0 Å². The van der Waals surface area contributed by atoms with Crippen molar-refractivity contribution in [3.8, 4) is 0 Å². The minimum atomic E-state index is 0.403. The Kier molecular flexibility index (Phi) is 6.33. The van der Waals surface area contributed by atoms with Gasteiger partial charge >= 0.3 is 0 Å². The van der Waals surface area contributed by atoms with Crippen molar-refractivity contribution >= 4 is 11.6 Å². The number of nitrogens with two attached hydrogens (primary N) is 1. The lowest BCUT2D eigenvalue weighted by Gasteiger charge is -2.22. The summed E-state index contributed by atoms with van der Waals surface area (Å²) in [6.45, 7) is 13.1. The van der Waals surface area contributed by atoms with Crippen molar-refractivity contribution in [2.45, 2.75) is 26.7 Å². The Labute approximate surface area is 122 Å². The minimum Gasteiger partial charge on any atom is -0.327 e. The summed E-state index contributed by atoms with van der Waals surface area (Å²) < 4.78 is 0. The Morgan fingerprint density at radius 1 is 1.21 bits per heavy atom. The molecule has 1 rings (SSSR count). The smallest absolute Gasteiger partial charge is 0.0438 e. The van der Waals surface area contributed by atoms with Crippen molar-refractivity contribution in [1.29, 1.82) is 0 Å². The Morgan fingerprint density at radius 3 is 2.42 bits per heavy atom. The van der Waals surface area contributed by atoms with Gasteiger partial charge in [0.1, 0.15) is 0 Å². The molecule has 0 aliphatic heterocycles. The molecule has 0 bridgehead atoms. The highest BCUT2D eigenvalue weighted by molar-refractivity contribution is 6.31. The maximum absolute atomic E-state index is 6.20. The zero-order chi connectivity index (χ0) is 14.4. The molecule has 0 amide bonds. The Morgan fingerprint density at radius 2 is 1.84 bits per heavy atom. The molecule has 1 aromatic rings. The Bertz CT molecular complexity index is 450. The van der Waals surface area contributed by atoms with E-state index in [9.17, 15) is 0 Å². The molecule has 0 saturated heterocycles. The first kappa shape index (κ1) is 16.0. The molecule has 1 aromatic carbocycles. The van der Waals surface area contributed by atoms with Crippen LogP contribution in [0, 0.1) is 11.8 Å². The summed E-state index contributed by atoms with van der Waals surface area (Å²) in [6, 6.07) is 8.00. The van der Waals surface area contributed by atoms with E-state index in [0.29, 0.717) is 18.4 Å². The summed E-state index contributed by atoms with van der Waals surface area (Å²) in [5.74, 6) is 0.814. The minimum absolute atomic E-state index is 0.403. The van der Waals surface area contributed by atoms with Crippen LogP contribution in [0.3, 0.4) is 0 Å². The van der Waals surface area contributed by atoms with Gasteiger partial charge in [0.25, 0.3) is 0 Å². The Hall–Kier alpha value is -1.05. The molecule has 19 heavy (non-hydrogen) atoms. The lowest BCUT2D eigenvalue weighted by atomic mass is 9.84. The van der Waals surface area contributed by atoms with E-state index < -0.39 is 0 Å². The zero-order valence-electron chi connectivity index (χ0n) is 12.0. The first-order chi connectivity index (χ1) is 8.95. The number of hydrogen-bond acceptors (Lipinski definition) is 1. The highest BCUT2D eigenvalue weighted by Crippen LogP contribution is 2.28. The van der Waals surface area contributed by atoms with E-state index >= 15 is 0 Å². The van der Waals surface area contributed by atoms with E-state index in [1.54, 1.807) is 0 Å². The van der Waals surface area contributed by atoms with Crippen molar-refractivity contribution in [3.05, 3.63) is 59.2 Å². The van der Waals surface area contributed by atoms with Gasteiger partial charge < -0.3 is 5.73 Å². The third-order valence-electron chi connectivity index (χ3n) is 3.63. The summed E-state index contributed by atoms with van der Waals surface area (Å²) in [5, 5.41) is 0.834. The van der Waals surface area contributed by atoms with Crippen LogP contribution in [-0.4, -0.2) is 6.54 Å². The van der Waals surface area contributed by atoms with Crippen LogP contribution < -0.4 is 5.73 Å². The average Bonchev–Trinajstić information content (AvgIpc) is 2.40. The highest BCUT2D eigenvalue weighted by Gasteiger charge is 2.16. The van der Waals surface area contributed by atoms with Gasteiger partial charge in [0.2, 0.25) is 0 Å². The molecule has 0 aliphatic rings. The molecule has 2 heteroatoms. The van der Waals surface area contributed by atoms with Crippen molar-refractivity contribution in [2.75, 3.05) is 6.54 Å².